The molecule has 0 aliphatic carbocycles. The highest BCUT2D eigenvalue weighted by Gasteiger charge is 2.32. The van der Waals surface area contributed by atoms with Gasteiger partial charge in [-0.2, -0.15) is 13.2 Å². The number of alkyl halides is 3. The number of aliphatic carboxylic acids is 1. The minimum Gasteiger partial charge on any atom is -0.480 e. The molecule has 0 aromatic carbocycles. The Morgan fingerprint density at radius 3 is 2.25 bits per heavy atom. The average molecular weight is 242 g/mol. The van der Waals surface area contributed by atoms with Crippen molar-refractivity contribution in [2.24, 2.45) is 0 Å². The van der Waals surface area contributed by atoms with Crippen LogP contribution >= 0.6 is 0 Å². The number of urea groups is 1. The van der Waals surface area contributed by atoms with E-state index in [0.717, 1.165) is 0 Å². The van der Waals surface area contributed by atoms with Gasteiger partial charge in [-0.3, -0.25) is 4.79 Å². The number of hydrogen-bond donors (Lipinski definition) is 2. The largest absolute Gasteiger partial charge is 0.480 e. The molecule has 0 fully saturated rings. The minimum atomic E-state index is -4.50. The quantitative estimate of drug-likeness (QED) is 0.774. The molecular formula is C8H13F3N2O3. The predicted molar refractivity (Wildman–Crippen MR) is 48.9 cm³/mol. The molecule has 0 spiro atoms. The molecule has 0 aliphatic heterocycles. The summed E-state index contributed by atoms with van der Waals surface area (Å²) in [6.45, 7) is 0.984. The highest BCUT2D eigenvalue weighted by Crippen LogP contribution is 2.16. The summed E-state index contributed by atoms with van der Waals surface area (Å²) >= 11 is 0. The highest BCUT2D eigenvalue weighted by atomic mass is 19.4. The summed E-state index contributed by atoms with van der Waals surface area (Å²) in [6, 6.07) is -2.27. The summed E-state index contributed by atoms with van der Waals surface area (Å²) in [5.74, 6) is -1.31. The first-order valence-corrected chi connectivity index (χ1v) is 4.52. The molecule has 0 saturated heterocycles. The van der Waals surface area contributed by atoms with Crippen molar-refractivity contribution in [3.8, 4) is 0 Å². The van der Waals surface area contributed by atoms with Gasteiger partial charge in [-0.1, -0.05) is 0 Å². The van der Waals surface area contributed by atoms with Crippen molar-refractivity contribution >= 4 is 12.0 Å². The molecule has 0 aromatic heterocycles. The topological polar surface area (TPSA) is 69.6 Å². The van der Waals surface area contributed by atoms with Gasteiger partial charge in [0.1, 0.15) is 12.6 Å². The van der Waals surface area contributed by atoms with Crippen LogP contribution in [-0.2, 0) is 4.79 Å². The number of amides is 2. The molecule has 0 radical (unpaired) electrons. The number of rotatable bonds is 4. The molecule has 2 amide bonds. The second kappa shape index (κ2) is 5.57. The number of carboxylic acids is 1. The molecule has 94 valence electrons. The van der Waals surface area contributed by atoms with Gasteiger partial charge in [0, 0.05) is 6.54 Å². The Morgan fingerprint density at radius 1 is 1.44 bits per heavy atom. The maximum Gasteiger partial charge on any atom is 0.406 e. The molecule has 1 atom stereocenters. The Kier molecular flexibility index (Phi) is 5.06. The SMILES string of the molecule is CCN(CC(F)(F)F)C(=O)NC(C)C(=O)O. The van der Waals surface area contributed by atoms with Crippen LogP contribution in [0.25, 0.3) is 0 Å². The molecule has 1 unspecified atom stereocenters. The first kappa shape index (κ1) is 14.5. The second-order valence-corrected chi connectivity index (χ2v) is 3.14. The molecule has 0 saturated carbocycles. The standard InChI is InChI=1S/C8H13F3N2O3/c1-3-13(4-8(9,10)11)7(16)12-5(2)6(14)15/h5H,3-4H2,1-2H3,(H,12,16)(H,14,15). The summed E-state index contributed by atoms with van der Waals surface area (Å²) < 4.78 is 36.0. The smallest absolute Gasteiger partial charge is 0.406 e. The number of carbonyl (C=O) groups excluding carboxylic acids is 1. The number of nitrogens with one attached hydrogen (secondary N) is 1. The van der Waals surface area contributed by atoms with E-state index >= 15 is 0 Å². The van der Waals surface area contributed by atoms with Crippen LogP contribution in [0.5, 0.6) is 0 Å². The second-order valence-electron chi connectivity index (χ2n) is 3.14. The van der Waals surface area contributed by atoms with Crippen LogP contribution < -0.4 is 5.32 Å². The Bertz CT molecular complexity index is 268. The highest BCUT2D eigenvalue weighted by molar-refractivity contribution is 5.82. The number of carbonyl (C=O) groups is 2. The van der Waals surface area contributed by atoms with E-state index in [1.165, 1.54) is 13.8 Å². The van der Waals surface area contributed by atoms with Crippen molar-refractivity contribution in [2.45, 2.75) is 26.1 Å². The molecule has 0 bridgehead atoms. The number of halogens is 3. The van der Waals surface area contributed by atoms with E-state index < -0.39 is 30.8 Å². The predicted octanol–water partition coefficient (Wildman–Crippen LogP) is 1.05. The fourth-order valence-electron chi connectivity index (χ4n) is 0.882. The maximum absolute atomic E-state index is 12.0. The molecule has 0 rings (SSSR count). The fraction of sp³-hybridized carbons (Fsp3) is 0.750. The van der Waals surface area contributed by atoms with E-state index in [-0.39, 0.29) is 6.54 Å². The van der Waals surface area contributed by atoms with Gasteiger partial charge in [0.25, 0.3) is 0 Å². The fourth-order valence-corrected chi connectivity index (χ4v) is 0.882. The van der Waals surface area contributed by atoms with Gasteiger partial charge in [-0.15, -0.1) is 0 Å². The maximum atomic E-state index is 12.0. The summed E-state index contributed by atoms with van der Waals surface area (Å²) in [5.41, 5.74) is 0. The van der Waals surface area contributed by atoms with Crippen molar-refractivity contribution < 1.29 is 27.9 Å². The molecule has 16 heavy (non-hydrogen) atoms. The lowest BCUT2D eigenvalue weighted by Gasteiger charge is -2.23. The van der Waals surface area contributed by atoms with Gasteiger partial charge in [-0.25, -0.2) is 4.79 Å². The van der Waals surface area contributed by atoms with Crippen molar-refractivity contribution in [1.29, 1.82) is 0 Å². The van der Waals surface area contributed by atoms with E-state index in [2.05, 4.69) is 0 Å². The third-order valence-electron chi connectivity index (χ3n) is 1.75. The first-order valence-electron chi connectivity index (χ1n) is 4.52. The normalized spacial score (nSPS) is 13.1. The molecular weight excluding hydrogens is 229 g/mol. The van der Waals surface area contributed by atoms with Gasteiger partial charge in [-0.05, 0) is 13.8 Å². The Hall–Kier alpha value is -1.47. The van der Waals surface area contributed by atoms with E-state index in [0.29, 0.717) is 4.90 Å². The zero-order valence-electron chi connectivity index (χ0n) is 8.84. The Balaban J connectivity index is 4.38. The number of hydrogen-bond acceptors (Lipinski definition) is 2. The lowest BCUT2D eigenvalue weighted by Crippen LogP contribution is -2.49. The van der Waals surface area contributed by atoms with Crippen LogP contribution in [0.4, 0.5) is 18.0 Å². The van der Waals surface area contributed by atoms with E-state index in [1.54, 1.807) is 0 Å². The molecule has 0 aromatic rings. The number of nitrogens with zero attached hydrogens (tertiary/aromatic N) is 1. The molecule has 5 nitrogen and oxygen atoms in total. The van der Waals surface area contributed by atoms with Crippen LogP contribution in [0, 0.1) is 0 Å². The lowest BCUT2D eigenvalue weighted by molar-refractivity contribution is -0.140. The van der Waals surface area contributed by atoms with Crippen molar-refractivity contribution in [3.63, 3.8) is 0 Å². The molecule has 8 heteroatoms. The van der Waals surface area contributed by atoms with Gasteiger partial charge >= 0.3 is 18.2 Å². The van der Waals surface area contributed by atoms with E-state index in [1.807, 2.05) is 5.32 Å². The van der Waals surface area contributed by atoms with Gasteiger partial charge in [0.05, 0.1) is 0 Å². The third-order valence-corrected chi connectivity index (χ3v) is 1.75. The molecule has 0 aliphatic rings. The zero-order valence-corrected chi connectivity index (χ0v) is 8.84. The van der Waals surface area contributed by atoms with E-state index in [4.69, 9.17) is 5.11 Å². The van der Waals surface area contributed by atoms with Gasteiger partial charge < -0.3 is 15.3 Å². The van der Waals surface area contributed by atoms with Gasteiger partial charge in [0.15, 0.2) is 0 Å². The summed E-state index contributed by atoms with van der Waals surface area (Å²) in [5, 5.41) is 10.4. The summed E-state index contributed by atoms with van der Waals surface area (Å²) in [7, 11) is 0. The number of carboxylic acid groups (broad SMARTS) is 1. The van der Waals surface area contributed by atoms with E-state index in [9.17, 15) is 22.8 Å². The first-order chi connectivity index (χ1) is 7.17. The monoisotopic (exact) mass is 242 g/mol. The van der Waals surface area contributed by atoms with Crippen LogP contribution in [0.3, 0.4) is 0 Å². The zero-order chi connectivity index (χ0) is 12.9. The van der Waals surface area contributed by atoms with Crippen LogP contribution in [0.15, 0.2) is 0 Å². The summed E-state index contributed by atoms with van der Waals surface area (Å²) in [6.07, 6.45) is -4.50. The summed E-state index contributed by atoms with van der Waals surface area (Å²) in [4.78, 5) is 22.1. The van der Waals surface area contributed by atoms with Crippen LogP contribution in [0.2, 0.25) is 0 Å². The van der Waals surface area contributed by atoms with Gasteiger partial charge in [0.2, 0.25) is 0 Å². The molecule has 0 heterocycles. The van der Waals surface area contributed by atoms with Crippen molar-refractivity contribution in [2.75, 3.05) is 13.1 Å². The van der Waals surface area contributed by atoms with Crippen LogP contribution in [-0.4, -0.2) is 47.3 Å². The minimum absolute atomic E-state index is 0.155. The van der Waals surface area contributed by atoms with Crippen LogP contribution in [0.1, 0.15) is 13.8 Å². The Morgan fingerprint density at radius 2 is 1.94 bits per heavy atom. The molecule has 2 N–H and O–H groups in total. The average Bonchev–Trinajstić information content (AvgIpc) is 2.12. The lowest BCUT2D eigenvalue weighted by atomic mass is 10.3. The van der Waals surface area contributed by atoms with Crippen molar-refractivity contribution in [1.82, 2.24) is 10.2 Å². The third kappa shape index (κ3) is 5.42. The van der Waals surface area contributed by atoms with Crippen molar-refractivity contribution in [3.05, 3.63) is 0 Å². The Labute approximate surface area is 90.2 Å².